The van der Waals surface area contributed by atoms with E-state index in [0.29, 0.717) is 109 Å². The smallest absolute Gasteiger partial charge is 0.251 e. The predicted octanol–water partition coefficient (Wildman–Crippen LogP) is -3.89. The Kier molecular flexibility index (Phi) is 50.7. The van der Waals surface area contributed by atoms with E-state index in [1.807, 2.05) is 15.8 Å². The topological polar surface area (TPSA) is 708 Å². The number of carbonyl (C=O) groups is 4. The lowest BCUT2D eigenvalue weighted by Gasteiger charge is -2.39. The molecule has 4 aliphatic heterocycles. The third-order valence-electron chi connectivity index (χ3n) is 25.3. The summed E-state index contributed by atoms with van der Waals surface area (Å²) < 4.78 is 76.9. The quantitative estimate of drug-likeness (QED) is 0.0162. The van der Waals surface area contributed by atoms with E-state index in [4.69, 9.17) is 56.8 Å². The average Bonchev–Trinajstić information content (AvgIpc) is 0.972. The summed E-state index contributed by atoms with van der Waals surface area (Å²) in [5, 5.41) is 215. The minimum Gasteiger partial charge on any atom is -0.493 e. The van der Waals surface area contributed by atoms with Crippen molar-refractivity contribution in [1.29, 1.82) is 0 Å². The molecule has 0 saturated carbocycles. The van der Waals surface area contributed by atoms with Crippen molar-refractivity contribution in [2.45, 2.75) is 323 Å². The molecule has 4 amide bonds. The molecule has 11 rings (SSSR count). The molecule has 0 unspecified atom stereocenters. The first-order chi connectivity index (χ1) is 71.3. The maximum Gasteiger partial charge on any atom is 0.251 e. The molecule has 9 heterocycles. The van der Waals surface area contributed by atoms with Gasteiger partial charge >= 0.3 is 0 Å². The average molecular weight is 2080 g/mol. The molecule has 0 aliphatic carbocycles. The molecule has 52 nitrogen and oxygen atoms in total. The first-order valence-corrected chi connectivity index (χ1v) is 51.0. The summed E-state index contributed by atoms with van der Waals surface area (Å²) in [6.45, 7) is 2.66. The lowest BCUT2D eigenvalue weighted by molar-refractivity contribution is -0.301. The van der Waals surface area contributed by atoms with E-state index in [1.54, 1.807) is 61.2 Å². The van der Waals surface area contributed by atoms with Gasteiger partial charge < -0.3 is 160 Å². The van der Waals surface area contributed by atoms with E-state index >= 15 is 0 Å². The number of carbonyl (C=O) groups excluding carboxylic acids is 4. The van der Waals surface area contributed by atoms with Crippen LogP contribution in [0.3, 0.4) is 0 Å². The molecule has 0 bridgehead atoms. The molecule has 0 radical (unpaired) electrons. The molecule has 52 heteroatoms. The van der Waals surface area contributed by atoms with Gasteiger partial charge in [0.1, 0.15) is 121 Å². The van der Waals surface area contributed by atoms with Crippen LogP contribution in [0.1, 0.15) is 185 Å². The van der Waals surface area contributed by atoms with Gasteiger partial charge in [0.2, 0.25) is 11.8 Å². The SMILES string of the molecule is CCCCCCCCCCCCCCCCn1cc(CN(CCC(=O)NCCNC(=O)c2cc(OCCCc3cn(CCO[C@@H]4O[C@@H](CO)[C@H](O)[C@@H](O)[C@H]4O)nn3)cc(OCCCc3cn(CCO[C@@H]4O[C@@H](CO)[C@H](O)[C@@H](O)[C@H]4O)nn3)c2)CCC(=O)NCCNC(=O)c2cc(OCCCc3cn(CCO[C@@H]4O[C@@H](CO)[C@H](O)[C@@H](O)[C@H]4O)nn3)cc(OCCCc3cn(CCO[C@@H]4O[C@@H](CO)[C@H](O)[C@@H](O)[C@H]4O)nn3)c2)nn1. The summed E-state index contributed by atoms with van der Waals surface area (Å²) in [7, 11) is 0. The first-order valence-electron chi connectivity index (χ1n) is 51.0. The lowest BCUT2D eigenvalue weighted by atomic mass is 9.99. The number of aryl methyl sites for hydroxylation is 5. The van der Waals surface area contributed by atoms with Crippen LogP contribution >= 0.6 is 0 Å². The second-order valence-corrected chi connectivity index (χ2v) is 36.9. The van der Waals surface area contributed by atoms with Crippen LogP contribution in [0, 0.1) is 0 Å². The van der Waals surface area contributed by atoms with Crippen molar-refractivity contribution in [2.75, 3.05) is 119 Å². The van der Waals surface area contributed by atoms with Crippen LogP contribution in [-0.4, -0.2) is 427 Å². The van der Waals surface area contributed by atoms with Crippen LogP contribution in [0.15, 0.2) is 67.4 Å². The van der Waals surface area contributed by atoms with Crippen molar-refractivity contribution in [2.24, 2.45) is 0 Å². The number of unbranched alkanes of at least 4 members (excludes halogenated alkanes) is 13. The van der Waals surface area contributed by atoms with Crippen LogP contribution in [0.4, 0.5) is 0 Å². The van der Waals surface area contributed by atoms with E-state index in [-0.39, 0.29) is 161 Å². The Morgan fingerprint density at radius 2 is 0.571 bits per heavy atom. The molecule has 2 aromatic carbocycles. The number of amides is 4. The molecule has 0 spiro atoms. The van der Waals surface area contributed by atoms with Gasteiger partial charge in [-0.3, -0.25) is 28.8 Å². The zero-order chi connectivity index (χ0) is 105. The number of hydrogen-bond acceptors (Lipinski definition) is 43. The minimum absolute atomic E-state index is 0.00527. The summed E-state index contributed by atoms with van der Waals surface area (Å²) in [5.74, 6) is -0.400. The summed E-state index contributed by atoms with van der Waals surface area (Å²) in [5.41, 5.74) is 3.50. The van der Waals surface area contributed by atoms with Crippen molar-refractivity contribution in [1.82, 2.24) is 101 Å². The van der Waals surface area contributed by atoms with Gasteiger partial charge in [0, 0.05) is 119 Å². The standard InChI is InChI=1S/C95H150N20O32/c1-2-3-4-5-6-7-8-9-10-11-12-13-14-15-30-111-56-67(104-109-111)51-110(31-24-76(120)96-26-28-98-90(134)61-45-68(136-37-16-20-63-52-112(105-100-63)33-41-140-92-86(130)82(126)78(122)72(57-116)144-92)49-69(46-61)137-38-17-21-64-53-113(106-101-64)34-42-141-93-87(131)83(127)79(123)73(58-117)145-93)32-25-77(121)97-27-29-99-91(135)62-47-70(138-39-18-22-65-54-114(107-102-65)35-43-142-94-88(132)84(128)80(124)74(59-118)146-94)50-71(48-62)139-40-19-23-66-55-115(108-103-66)36-44-143-95-89(133)85(129)81(125)75(60-119)147-95/h45-50,52-56,72-75,78-89,92-95,116-119,122-133H,2-44,51,57-60H2,1H3,(H,96,120)(H,97,121)(H,98,134)(H,99,135)/t72-,73-,74-,75-,78-,79-,80-,81-,82+,83+,84+,85+,86+,87+,88+,89+,92+,93+,94+,95+/m0/s1. The molecule has 147 heavy (non-hydrogen) atoms. The van der Waals surface area contributed by atoms with Crippen LogP contribution in [0.5, 0.6) is 23.0 Å². The molecule has 4 saturated heterocycles. The highest BCUT2D eigenvalue weighted by Crippen LogP contribution is 2.31. The Morgan fingerprint density at radius 3 is 0.857 bits per heavy atom. The molecule has 822 valence electrons. The number of benzene rings is 2. The fourth-order valence-electron chi connectivity index (χ4n) is 16.8. The second-order valence-electron chi connectivity index (χ2n) is 36.9. The number of aromatic nitrogens is 15. The minimum atomic E-state index is -1.59. The second kappa shape index (κ2) is 63.4. The fraction of sp³-hybridized carbons (Fsp3) is 0.726. The van der Waals surface area contributed by atoms with Crippen molar-refractivity contribution >= 4 is 23.6 Å². The Bertz CT molecular complexity index is 4450. The van der Waals surface area contributed by atoms with Crippen molar-refractivity contribution in [3.05, 3.63) is 107 Å². The Hall–Kier alpha value is -9.78. The zero-order valence-electron chi connectivity index (χ0n) is 83.2. The Labute approximate surface area is 850 Å². The van der Waals surface area contributed by atoms with Crippen LogP contribution < -0.4 is 40.2 Å². The number of aliphatic hydroxyl groups is 16. The van der Waals surface area contributed by atoms with Crippen LogP contribution in [-0.2, 0) is 112 Å². The lowest BCUT2D eigenvalue weighted by Crippen LogP contribution is -2.59. The fourth-order valence-corrected chi connectivity index (χ4v) is 16.8. The van der Waals surface area contributed by atoms with Gasteiger partial charge in [-0.1, -0.05) is 116 Å². The molecule has 5 aromatic heterocycles. The zero-order valence-corrected chi connectivity index (χ0v) is 83.2. The number of ether oxygens (including phenoxy) is 12. The Balaban J connectivity index is 0.663. The van der Waals surface area contributed by atoms with E-state index in [0.717, 1.165) is 19.3 Å². The van der Waals surface area contributed by atoms with Crippen molar-refractivity contribution < 1.29 is 158 Å². The first kappa shape index (κ1) is 117. The molecule has 7 aromatic rings. The molecule has 20 N–H and O–H groups in total. The van der Waals surface area contributed by atoms with Crippen molar-refractivity contribution in [3.8, 4) is 23.0 Å². The van der Waals surface area contributed by atoms with E-state index in [2.05, 4.69) is 79.8 Å². The summed E-state index contributed by atoms with van der Waals surface area (Å²) in [6.07, 6.45) is 0.954. The van der Waals surface area contributed by atoms with Gasteiger partial charge in [-0.25, -0.2) is 18.7 Å². The molecule has 20 atom stereocenters. The van der Waals surface area contributed by atoms with E-state index in [9.17, 15) is 101 Å². The molecular formula is C95H150N20O32. The summed E-state index contributed by atoms with van der Waals surface area (Å²) in [4.78, 5) is 57.5. The monoisotopic (exact) mass is 2080 g/mol. The van der Waals surface area contributed by atoms with Crippen molar-refractivity contribution in [3.63, 3.8) is 0 Å². The third kappa shape index (κ3) is 38.9. The maximum atomic E-state index is 14.0. The van der Waals surface area contributed by atoms with Gasteiger partial charge in [-0.15, -0.1) is 25.5 Å². The van der Waals surface area contributed by atoms with Gasteiger partial charge in [0.15, 0.2) is 25.2 Å². The highest BCUT2D eigenvalue weighted by Gasteiger charge is 2.48. The third-order valence-corrected chi connectivity index (χ3v) is 25.3. The highest BCUT2D eigenvalue weighted by atomic mass is 16.7. The van der Waals surface area contributed by atoms with E-state index < -0.39 is 161 Å². The number of nitrogens with zero attached hydrogens (tertiary/aromatic N) is 16. The maximum absolute atomic E-state index is 14.0. The normalized spacial score (nSPS) is 24.2. The van der Waals surface area contributed by atoms with Crippen LogP contribution in [0.2, 0.25) is 0 Å². The van der Waals surface area contributed by atoms with Gasteiger partial charge in [-0.2, -0.15) is 0 Å². The Morgan fingerprint density at radius 1 is 0.313 bits per heavy atom. The van der Waals surface area contributed by atoms with Gasteiger partial charge in [0.25, 0.3) is 11.8 Å². The van der Waals surface area contributed by atoms with Gasteiger partial charge in [0.05, 0.1) is 134 Å². The van der Waals surface area contributed by atoms with E-state index in [1.165, 1.54) is 89.4 Å². The summed E-state index contributed by atoms with van der Waals surface area (Å²) in [6, 6.07) is 9.54. The molecule has 4 aliphatic rings. The molecule has 4 fully saturated rings. The number of nitrogens with one attached hydrogen (secondary N) is 4. The molecular weight excluding hydrogens is 1930 g/mol. The number of hydrogen-bond donors (Lipinski definition) is 20. The summed E-state index contributed by atoms with van der Waals surface area (Å²) >= 11 is 0. The predicted molar refractivity (Wildman–Crippen MR) is 513 cm³/mol. The van der Waals surface area contributed by atoms with Crippen LogP contribution in [0.25, 0.3) is 0 Å². The highest BCUT2D eigenvalue weighted by molar-refractivity contribution is 5.95. The largest absolute Gasteiger partial charge is 0.493 e. The number of aliphatic hydroxyl groups excluding tert-OH is 16. The van der Waals surface area contributed by atoms with Gasteiger partial charge in [-0.05, 0) is 82.1 Å². The number of rotatable bonds is 71.